The quantitative estimate of drug-likeness (QED) is 0.665. The first-order chi connectivity index (χ1) is 4.93. The molecule has 0 aromatic heterocycles. The van der Waals surface area contributed by atoms with E-state index in [-0.39, 0.29) is 4.70 Å². The van der Waals surface area contributed by atoms with Crippen LogP contribution in [0.4, 0.5) is 4.70 Å². The van der Waals surface area contributed by atoms with E-state index in [2.05, 4.69) is 4.90 Å². The van der Waals surface area contributed by atoms with Gasteiger partial charge in [0.15, 0.2) is 0 Å². The summed E-state index contributed by atoms with van der Waals surface area (Å²) in [6.07, 6.45) is 2.64. The van der Waals surface area contributed by atoms with Crippen LogP contribution in [-0.2, 0) is 0 Å². The molecule has 1 saturated heterocycles. The Hall–Kier alpha value is -0.150. The lowest BCUT2D eigenvalue weighted by atomic mass is 10.4. The van der Waals surface area contributed by atoms with E-state index >= 15 is 0 Å². The zero-order valence-electron chi connectivity index (χ0n) is 7.55. The van der Waals surface area contributed by atoms with Gasteiger partial charge in [0.2, 0.25) is 0 Å². The summed E-state index contributed by atoms with van der Waals surface area (Å²) in [5.41, 5.74) is 0. The molecule has 1 heterocycles. The van der Waals surface area contributed by atoms with Crippen molar-refractivity contribution in [2.24, 2.45) is 0 Å². The number of likely N-dealkylation sites (tertiary alicyclic amines) is 1. The molecule has 0 saturated carbocycles. The van der Waals surface area contributed by atoms with E-state index < -0.39 is 0 Å². The molecule has 1 N–H and O–H groups in total. The van der Waals surface area contributed by atoms with Gasteiger partial charge in [0, 0.05) is 6.54 Å². The van der Waals surface area contributed by atoms with Crippen LogP contribution < -0.4 is 0 Å². The highest BCUT2D eigenvalue weighted by Crippen LogP contribution is 2.04. The van der Waals surface area contributed by atoms with Gasteiger partial charge in [0.1, 0.15) is 0 Å². The molecule has 0 radical (unpaired) electrons. The average Bonchev–Trinajstić information content (AvgIpc) is 2.46. The summed E-state index contributed by atoms with van der Waals surface area (Å²) in [5, 5.41) is 8.48. The predicted molar refractivity (Wildman–Crippen MR) is 46.6 cm³/mol. The van der Waals surface area contributed by atoms with Crippen LogP contribution in [0, 0.1) is 0 Å². The molecule has 1 fully saturated rings. The maximum absolute atomic E-state index is 8.48. The summed E-state index contributed by atoms with van der Waals surface area (Å²) in [5.74, 6) is 0. The van der Waals surface area contributed by atoms with E-state index in [1.165, 1.54) is 25.9 Å². The molecular formula is C8H20FNO. The van der Waals surface area contributed by atoms with E-state index in [1.807, 2.05) is 13.8 Å². The summed E-state index contributed by atoms with van der Waals surface area (Å²) in [7, 11) is 0. The van der Waals surface area contributed by atoms with Crippen LogP contribution in [0.15, 0.2) is 0 Å². The van der Waals surface area contributed by atoms with Gasteiger partial charge in [0.05, 0.1) is 6.61 Å². The van der Waals surface area contributed by atoms with Gasteiger partial charge in [-0.1, -0.05) is 13.8 Å². The molecule has 0 unspecified atom stereocenters. The minimum atomic E-state index is 0. The minimum absolute atomic E-state index is 0. The second-order valence-electron chi connectivity index (χ2n) is 2.27. The maximum Gasteiger partial charge on any atom is 0.0558 e. The van der Waals surface area contributed by atoms with Crippen LogP contribution >= 0.6 is 0 Å². The van der Waals surface area contributed by atoms with E-state index in [0.29, 0.717) is 6.61 Å². The zero-order chi connectivity index (χ0) is 7.82. The topological polar surface area (TPSA) is 23.5 Å². The monoisotopic (exact) mass is 165 g/mol. The summed E-state index contributed by atoms with van der Waals surface area (Å²) in [6, 6.07) is 0. The Morgan fingerprint density at radius 3 is 2.00 bits per heavy atom. The first kappa shape index (κ1) is 13.4. The zero-order valence-corrected chi connectivity index (χ0v) is 7.55. The average molecular weight is 165 g/mol. The predicted octanol–water partition coefficient (Wildman–Crippen LogP) is 1.25. The van der Waals surface area contributed by atoms with Crippen molar-refractivity contribution in [2.45, 2.75) is 26.7 Å². The van der Waals surface area contributed by atoms with Gasteiger partial charge >= 0.3 is 0 Å². The van der Waals surface area contributed by atoms with Gasteiger partial charge in [-0.2, -0.15) is 0 Å². The smallest absolute Gasteiger partial charge is 0.0558 e. The van der Waals surface area contributed by atoms with Crippen molar-refractivity contribution in [3.63, 3.8) is 0 Å². The fraction of sp³-hybridized carbons (Fsp3) is 1.00. The second-order valence-corrected chi connectivity index (χ2v) is 2.27. The van der Waals surface area contributed by atoms with Gasteiger partial charge in [0.25, 0.3) is 0 Å². The largest absolute Gasteiger partial charge is 0.395 e. The van der Waals surface area contributed by atoms with Crippen molar-refractivity contribution in [3.05, 3.63) is 0 Å². The molecule has 70 valence electrons. The van der Waals surface area contributed by atoms with E-state index in [9.17, 15) is 0 Å². The lowest BCUT2D eigenvalue weighted by Crippen LogP contribution is -2.22. The molecule has 2 nitrogen and oxygen atoms in total. The Morgan fingerprint density at radius 2 is 1.64 bits per heavy atom. The Kier molecular flexibility index (Phi) is 12.0. The SMILES string of the molecule is CC.F.OCCN1CCCC1. The van der Waals surface area contributed by atoms with Crippen LogP contribution in [0.2, 0.25) is 0 Å². The lowest BCUT2D eigenvalue weighted by molar-refractivity contribution is 0.221. The van der Waals surface area contributed by atoms with Gasteiger partial charge in [-0.25, -0.2) is 0 Å². The summed E-state index contributed by atoms with van der Waals surface area (Å²) >= 11 is 0. The van der Waals surface area contributed by atoms with Gasteiger partial charge in [-0.3, -0.25) is 4.70 Å². The highest BCUT2D eigenvalue weighted by atomic mass is 19.0. The number of hydrogen-bond donors (Lipinski definition) is 1. The number of aliphatic hydroxyl groups excluding tert-OH is 1. The van der Waals surface area contributed by atoms with Crippen molar-refractivity contribution >= 4 is 0 Å². The normalized spacial score (nSPS) is 16.6. The maximum atomic E-state index is 8.48. The van der Waals surface area contributed by atoms with Crippen molar-refractivity contribution < 1.29 is 9.81 Å². The number of nitrogens with zero attached hydrogens (tertiary/aromatic N) is 1. The fourth-order valence-electron chi connectivity index (χ4n) is 1.15. The van der Waals surface area contributed by atoms with Crippen LogP contribution in [0.1, 0.15) is 26.7 Å². The molecule has 1 aliphatic rings. The highest BCUT2D eigenvalue weighted by Gasteiger charge is 2.08. The van der Waals surface area contributed by atoms with Crippen molar-refractivity contribution in [1.29, 1.82) is 0 Å². The Labute approximate surface area is 68.6 Å². The van der Waals surface area contributed by atoms with Crippen LogP contribution in [0.5, 0.6) is 0 Å². The number of β-amino-alcohol motifs (C(OH)–C–C–N with tert-alkyl or cyclic N) is 1. The molecule has 0 atom stereocenters. The molecule has 0 amide bonds. The number of rotatable bonds is 2. The van der Waals surface area contributed by atoms with Crippen LogP contribution in [-0.4, -0.2) is 36.2 Å². The number of hydrogen-bond acceptors (Lipinski definition) is 2. The summed E-state index contributed by atoms with van der Waals surface area (Å²) in [4.78, 5) is 2.29. The molecular weight excluding hydrogens is 145 g/mol. The summed E-state index contributed by atoms with van der Waals surface area (Å²) in [6.45, 7) is 7.58. The van der Waals surface area contributed by atoms with E-state index in [1.54, 1.807) is 0 Å². The van der Waals surface area contributed by atoms with Crippen LogP contribution in [0.25, 0.3) is 0 Å². The molecule has 0 bridgehead atoms. The third-order valence-electron chi connectivity index (χ3n) is 1.61. The molecule has 0 spiro atoms. The third-order valence-corrected chi connectivity index (χ3v) is 1.61. The molecule has 11 heavy (non-hydrogen) atoms. The van der Waals surface area contributed by atoms with E-state index in [0.717, 1.165) is 6.54 Å². The van der Waals surface area contributed by atoms with Gasteiger partial charge in [-0.15, -0.1) is 0 Å². The van der Waals surface area contributed by atoms with Gasteiger partial charge in [-0.05, 0) is 25.9 Å². The molecule has 0 aromatic rings. The van der Waals surface area contributed by atoms with Crippen molar-refractivity contribution in [1.82, 2.24) is 4.90 Å². The Morgan fingerprint density at radius 1 is 1.18 bits per heavy atom. The fourth-order valence-corrected chi connectivity index (χ4v) is 1.15. The van der Waals surface area contributed by atoms with Crippen molar-refractivity contribution in [3.8, 4) is 0 Å². The number of halogens is 1. The second kappa shape index (κ2) is 9.85. The first-order valence-corrected chi connectivity index (χ1v) is 4.26. The van der Waals surface area contributed by atoms with Crippen LogP contribution in [0.3, 0.4) is 0 Å². The van der Waals surface area contributed by atoms with E-state index in [4.69, 9.17) is 5.11 Å². The number of aliphatic hydroxyl groups is 1. The molecule has 1 rings (SSSR count). The minimum Gasteiger partial charge on any atom is -0.395 e. The summed E-state index contributed by atoms with van der Waals surface area (Å²) < 4.78 is 0. The molecule has 0 aromatic carbocycles. The van der Waals surface area contributed by atoms with Crippen molar-refractivity contribution in [2.75, 3.05) is 26.2 Å². The highest BCUT2D eigenvalue weighted by molar-refractivity contribution is 4.64. The lowest BCUT2D eigenvalue weighted by Gasteiger charge is -2.10. The Bertz CT molecular complexity index is 65.1. The molecule has 0 aliphatic carbocycles. The first-order valence-electron chi connectivity index (χ1n) is 4.26. The molecule has 3 heteroatoms. The molecule has 1 aliphatic heterocycles. The Balaban J connectivity index is 0. The standard InChI is InChI=1S/C6H13NO.C2H6.FH/c8-6-5-7-3-1-2-4-7;1-2;/h8H,1-6H2;1-2H3;1H. The van der Waals surface area contributed by atoms with Gasteiger partial charge < -0.3 is 10.0 Å². The third kappa shape index (κ3) is 6.26.